The third-order valence-electron chi connectivity index (χ3n) is 6.54. The summed E-state index contributed by atoms with van der Waals surface area (Å²) in [6.45, 7) is 3.67. The number of fused-ring (bicyclic) bond motifs is 3. The van der Waals surface area contributed by atoms with Crippen molar-refractivity contribution in [2.24, 2.45) is 0 Å². The quantitative estimate of drug-likeness (QED) is 0.713. The minimum atomic E-state index is -0.239. The number of carbonyl (C=O) groups is 1. The van der Waals surface area contributed by atoms with Crippen LogP contribution in [0.4, 0.5) is 5.69 Å². The van der Waals surface area contributed by atoms with Gasteiger partial charge in [0, 0.05) is 18.8 Å². The van der Waals surface area contributed by atoms with Gasteiger partial charge in [0.05, 0.1) is 29.0 Å². The normalized spacial score (nSPS) is 34.6. The average Bonchev–Trinajstić information content (AvgIpc) is 3.08. The van der Waals surface area contributed by atoms with E-state index >= 15 is 0 Å². The molecule has 0 radical (unpaired) electrons. The van der Waals surface area contributed by atoms with Crippen LogP contribution < -0.4 is 21.1 Å². The van der Waals surface area contributed by atoms with Crippen molar-refractivity contribution in [1.82, 2.24) is 21.0 Å². The van der Waals surface area contributed by atoms with Crippen LogP contribution in [0.25, 0.3) is 0 Å². The highest BCUT2D eigenvalue weighted by atomic mass is 35.5. The summed E-state index contributed by atoms with van der Waals surface area (Å²) in [5, 5.41) is 9.24. The Kier molecular flexibility index (Phi) is 3.80. The van der Waals surface area contributed by atoms with Crippen LogP contribution >= 0.6 is 11.6 Å². The second kappa shape index (κ2) is 6.18. The van der Waals surface area contributed by atoms with Crippen molar-refractivity contribution >= 4 is 23.2 Å². The molecular formula is C20H24ClN5O2. The summed E-state index contributed by atoms with van der Waals surface area (Å²) in [5.74, 6) is 0.613. The van der Waals surface area contributed by atoms with Crippen LogP contribution in [-0.4, -0.2) is 48.6 Å². The standard InChI is InChI=1S/C20H24ClN5O2/c1-10-4-12(11-2-3-11)5-16(21)17(10)26-8-15-18(24-26)22-20(23-19(15)27)25-7-14-6-13(25)9-28-14/h4-5,8,11,13-14,18,20,22,24H,2-3,6-7,9H2,1H3,(H,23,27)/t13-,14-,18?,20?/m1/s1. The smallest absolute Gasteiger partial charge is 0.254 e. The number of amides is 1. The van der Waals surface area contributed by atoms with E-state index in [9.17, 15) is 4.79 Å². The minimum Gasteiger partial charge on any atom is -0.375 e. The molecule has 8 heteroatoms. The van der Waals surface area contributed by atoms with Gasteiger partial charge in [0.15, 0.2) is 0 Å². The molecule has 7 nitrogen and oxygen atoms in total. The maximum absolute atomic E-state index is 12.8. The summed E-state index contributed by atoms with van der Waals surface area (Å²) in [4.78, 5) is 15.1. The zero-order valence-corrected chi connectivity index (χ0v) is 16.5. The number of rotatable bonds is 3. The van der Waals surface area contributed by atoms with Gasteiger partial charge in [0.25, 0.3) is 5.91 Å². The molecule has 1 aliphatic carbocycles. The molecular weight excluding hydrogens is 378 g/mol. The lowest BCUT2D eigenvalue weighted by molar-refractivity contribution is -0.123. The van der Waals surface area contributed by atoms with Crippen LogP contribution in [0.1, 0.15) is 36.3 Å². The molecule has 0 spiro atoms. The van der Waals surface area contributed by atoms with Crippen LogP contribution in [-0.2, 0) is 9.53 Å². The molecule has 1 aromatic carbocycles. The zero-order valence-electron chi connectivity index (χ0n) is 15.7. The minimum absolute atomic E-state index is 0.0455. The highest BCUT2D eigenvalue weighted by molar-refractivity contribution is 6.33. The fourth-order valence-electron chi connectivity index (χ4n) is 4.96. The van der Waals surface area contributed by atoms with Gasteiger partial charge in [-0.25, -0.2) is 5.43 Å². The third-order valence-corrected chi connectivity index (χ3v) is 6.83. The number of hydrogen-bond donors (Lipinski definition) is 3. The van der Waals surface area contributed by atoms with Crippen molar-refractivity contribution < 1.29 is 9.53 Å². The Hall–Kier alpha value is -1.64. The van der Waals surface area contributed by atoms with E-state index in [2.05, 4.69) is 40.0 Å². The van der Waals surface area contributed by atoms with Gasteiger partial charge in [0.2, 0.25) is 0 Å². The lowest BCUT2D eigenvalue weighted by atomic mass is 10.1. The lowest BCUT2D eigenvalue weighted by Crippen LogP contribution is -2.68. The number of nitrogens with one attached hydrogen (secondary N) is 3. The van der Waals surface area contributed by atoms with Crippen molar-refractivity contribution in [3.63, 3.8) is 0 Å². The number of aryl methyl sites for hydroxylation is 1. The number of morpholine rings is 1. The van der Waals surface area contributed by atoms with Crippen LogP contribution in [0.15, 0.2) is 23.9 Å². The number of benzene rings is 1. The Balaban J connectivity index is 1.24. The molecule has 4 aliphatic heterocycles. The van der Waals surface area contributed by atoms with Gasteiger partial charge in [-0.05, 0) is 49.3 Å². The molecule has 5 aliphatic rings. The fraction of sp³-hybridized carbons (Fsp3) is 0.550. The maximum Gasteiger partial charge on any atom is 0.254 e. The molecule has 1 amide bonds. The molecule has 148 valence electrons. The van der Waals surface area contributed by atoms with Crippen molar-refractivity contribution in [1.29, 1.82) is 0 Å². The summed E-state index contributed by atoms with van der Waals surface area (Å²) < 4.78 is 5.69. The summed E-state index contributed by atoms with van der Waals surface area (Å²) in [7, 11) is 0. The van der Waals surface area contributed by atoms with Crippen molar-refractivity contribution in [2.45, 2.75) is 56.7 Å². The van der Waals surface area contributed by atoms with E-state index in [4.69, 9.17) is 16.3 Å². The second-order valence-electron chi connectivity index (χ2n) is 8.54. The average molecular weight is 402 g/mol. The fourth-order valence-corrected chi connectivity index (χ4v) is 5.32. The zero-order chi connectivity index (χ0) is 19.0. The number of hydrazine groups is 1. The number of ether oxygens (including phenoxy) is 1. The molecule has 3 N–H and O–H groups in total. The van der Waals surface area contributed by atoms with Crippen LogP contribution in [0.3, 0.4) is 0 Å². The van der Waals surface area contributed by atoms with Gasteiger partial charge < -0.3 is 10.1 Å². The van der Waals surface area contributed by atoms with Crippen molar-refractivity contribution in [3.05, 3.63) is 40.1 Å². The third kappa shape index (κ3) is 2.69. The highest BCUT2D eigenvalue weighted by Crippen LogP contribution is 2.44. The maximum atomic E-state index is 12.8. The molecule has 4 atom stereocenters. The first-order valence-electron chi connectivity index (χ1n) is 10.1. The first-order chi connectivity index (χ1) is 13.6. The van der Waals surface area contributed by atoms with Gasteiger partial charge in [-0.1, -0.05) is 17.7 Å². The molecule has 3 saturated heterocycles. The first kappa shape index (κ1) is 17.2. The van der Waals surface area contributed by atoms with Gasteiger partial charge in [-0.2, -0.15) is 0 Å². The van der Waals surface area contributed by atoms with Gasteiger partial charge in [-0.3, -0.25) is 20.0 Å². The van der Waals surface area contributed by atoms with E-state index in [1.165, 1.54) is 18.4 Å². The molecule has 0 aromatic heterocycles. The Morgan fingerprint density at radius 3 is 2.82 bits per heavy atom. The number of anilines is 1. The van der Waals surface area contributed by atoms with Gasteiger partial charge in [-0.15, -0.1) is 0 Å². The van der Waals surface area contributed by atoms with Gasteiger partial charge in [0.1, 0.15) is 12.5 Å². The number of nitrogens with zero attached hydrogens (tertiary/aromatic N) is 2. The molecule has 4 heterocycles. The van der Waals surface area contributed by atoms with Crippen LogP contribution in [0, 0.1) is 6.92 Å². The summed E-state index contributed by atoms with van der Waals surface area (Å²) >= 11 is 6.64. The largest absolute Gasteiger partial charge is 0.375 e. The molecule has 6 rings (SSSR count). The predicted molar refractivity (Wildman–Crippen MR) is 106 cm³/mol. The van der Waals surface area contributed by atoms with Crippen molar-refractivity contribution in [3.8, 4) is 0 Å². The number of carbonyl (C=O) groups excluding carboxylic acids is 1. The Bertz CT molecular complexity index is 862. The molecule has 1 saturated carbocycles. The summed E-state index contributed by atoms with van der Waals surface area (Å²) in [5.41, 5.74) is 7.43. The van der Waals surface area contributed by atoms with E-state index in [0.717, 1.165) is 35.8 Å². The van der Waals surface area contributed by atoms with Crippen molar-refractivity contribution in [2.75, 3.05) is 18.2 Å². The predicted octanol–water partition coefficient (Wildman–Crippen LogP) is 1.54. The van der Waals surface area contributed by atoms with E-state index < -0.39 is 0 Å². The first-order valence-corrected chi connectivity index (χ1v) is 10.5. The monoisotopic (exact) mass is 401 g/mol. The van der Waals surface area contributed by atoms with Crippen LogP contribution in [0.2, 0.25) is 5.02 Å². The van der Waals surface area contributed by atoms with Crippen LogP contribution in [0.5, 0.6) is 0 Å². The number of halogens is 1. The number of hydrogen-bond acceptors (Lipinski definition) is 6. The summed E-state index contributed by atoms with van der Waals surface area (Å²) in [6, 6.07) is 4.66. The Labute approximate surface area is 169 Å². The molecule has 1 aromatic rings. The molecule has 4 fully saturated rings. The van der Waals surface area contributed by atoms with E-state index in [1.807, 2.05) is 11.2 Å². The SMILES string of the molecule is Cc1cc(C2CC2)cc(Cl)c1N1C=C2C(=O)NC(N3C[C@H]4C[C@@H]3CO4)NC2N1. The lowest BCUT2D eigenvalue weighted by Gasteiger charge is -2.40. The topological polar surface area (TPSA) is 68.9 Å². The van der Waals surface area contributed by atoms with E-state index in [0.29, 0.717) is 23.6 Å². The highest BCUT2D eigenvalue weighted by Gasteiger charge is 2.46. The van der Waals surface area contributed by atoms with Gasteiger partial charge >= 0.3 is 0 Å². The van der Waals surface area contributed by atoms with E-state index in [-0.39, 0.29) is 18.4 Å². The van der Waals surface area contributed by atoms with E-state index in [1.54, 1.807) is 0 Å². The Morgan fingerprint density at radius 2 is 2.14 bits per heavy atom. The molecule has 2 unspecified atom stereocenters. The Morgan fingerprint density at radius 1 is 1.29 bits per heavy atom. The molecule has 28 heavy (non-hydrogen) atoms. The summed E-state index contributed by atoms with van der Waals surface area (Å²) in [6.07, 6.45) is 5.26. The second-order valence-corrected chi connectivity index (χ2v) is 8.95. The number of likely N-dealkylation sites (tertiary alicyclic amines) is 1. The molecule has 2 bridgehead atoms.